The first-order valence-electron chi connectivity index (χ1n) is 7.78. The van der Waals surface area contributed by atoms with Gasteiger partial charge >= 0.3 is 0 Å². The van der Waals surface area contributed by atoms with Crippen LogP contribution in [0.4, 0.5) is 4.39 Å². The molecule has 0 N–H and O–H groups in total. The summed E-state index contributed by atoms with van der Waals surface area (Å²) >= 11 is 0. The molecule has 0 aromatic carbocycles. The molecule has 1 unspecified atom stereocenters. The highest BCUT2D eigenvalue weighted by atomic mass is 19.1. The molecule has 0 saturated heterocycles. The molecule has 0 aliphatic heterocycles. The molecule has 0 radical (unpaired) electrons. The fourth-order valence-corrected chi connectivity index (χ4v) is 4.31. The van der Waals surface area contributed by atoms with Crippen molar-refractivity contribution in [3.8, 4) is 0 Å². The Labute approximate surface area is 121 Å². The quantitative estimate of drug-likeness (QED) is 0.557. The zero-order valence-electron chi connectivity index (χ0n) is 12.6. The van der Waals surface area contributed by atoms with Crippen LogP contribution in [-0.2, 0) is 9.47 Å². The second kappa shape index (κ2) is 5.27. The molecule has 4 aliphatic rings. The molecule has 1 saturated carbocycles. The molecule has 0 amide bonds. The fourth-order valence-electron chi connectivity index (χ4n) is 4.31. The Morgan fingerprint density at radius 2 is 2.05 bits per heavy atom. The van der Waals surface area contributed by atoms with Crippen LogP contribution in [0.3, 0.4) is 0 Å². The number of halogens is 1. The lowest BCUT2D eigenvalue weighted by molar-refractivity contribution is -0.146. The van der Waals surface area contributed by atoms with E-state index in [0.29, 0.717) is 5.92 Å². The molecule has 112 valence electrons. The summed E-state index contributed by atoms with van der Waals surface area (Å²) in [5.74, 6) is 0.562. The molecule has 4 aliphatic carbocycles. The maximum Gasteiger partial charge on any atom is 0.147 e. The van der Waals surface area contributed by atoms with Crippen molar-refractivity contribution in [2.24, 2.45) is 11.3 Å². The topological polar surface area (TPSA) is 18.5 Å². The van der Waals surface area contributed by atoms with Crippen LogP contribution < -0.4 is 0 Å². The molecular weight excluding hydrogens is 255 g/mol. The number of allylic oxidation sites excluding steroid dienone is 3. The lowest BCUT2D eigenvalue weighted by atomic mass is 9.55. The van der Waals surface area contributed by atoms with E-state index in [1.165, 1.54) is 5.57 Å². The number of ether oxygens (including phenoxy) is 2. The molecule has 2 nitrogen and oxygen atoms in total. The monoisotopic (exact) mass is 280 g/mol. The maximum absolute atomic E-state index is 14.8. The molecule has 1 fully saturated rings. The second-order valence-corrected chi connectivity index (χ2v) is 6.79. The summed E-state index contributed by atoms with van der Waals surface area (Å²) in [5.41, 5.74) is 0.865. The van der Waals surface area contributed by atoms with Crippen LogP contribution in [0.15, 0.2) is 23.6 Å². The van der Waals surface area contributed by atoms with Gasteiger partial charge in [-0.05, 0) is 63.9 Å². The SMILES string of the molecule is COCOC12C=C(F)C(C3CC=C(C)CC3)(CC1)CC2. The highest BCUT2D eigenvalue weighted by molar-refractivity contribution is 5.26. The van der Waals surface area contributed by atoms with Crippen LogP contribution in [-0.4, -0.2) is 19.5 Å². The first-order valence-corrected chi connectivity index (χ1v) is 7.78. The molecule has 0 aromatic heterocycles. The van der Waals surface area contributed by atoms with Crippen LogP contribution in [0.5, 0.6) is 0 Å². The van der Waals surface area contributed by atoms with Gasteiger partial charge in [0.1, 0.15) is 12.6 Å². The summed E-state index contributed by atoms with van der Waals surface area (Å²) in [6.07, 6.45) is 11.1. The minimum atomic E-state index is -0.401. The van der Waals surface area contributed by atoms with E-state index in [0.717, 1.165) is 44.9 Å². The van der Waals surface area contributed by atoms with Crippen molar-refractivity contribution in [3.05, 3.63) is 23.6 Å². The Morgan fingerprint density at radius 3 is 2.60 bits per heavy atom. The Kier molecular flexibility index (Phi) is 3.76. The van der Waals surface area contributed by atoms with Gasteiger partial charge < -0.3 is 9.47 Å². The highest BCUT2D eigenvalue weighted by Crippen LogP contribution is 2.59. The molecule has 0 spiro atoms. The standard InChI is InChI=1S/C17H25FO2/c1-13-3-5-14(6-4-13)17-9-7-16(8-10-17,11-15(17)18)20-12-19-2/h3,11,14H,4-10,12H2,1-2H3. The third-order valence-corrected chi connectivity index (χ3v) is 5.74. The van der Waals surface area contributed by atoms with Gasteiger partial charge in [-0.3, -0.25) is 0 Å². The van der Waals surface area contributed by atoms with E-state index in [2.05, 4.69) is 13.0 Å². The normalized spacial score (nSPS) is 40.5. The summed E-state index contributed by atoms with van der Waals surface area (Å²) in [4.78, 5) is 0. The van der Waals surface area contributed by atoms with E-state index in [9.17, 15) is 4.39 Å². The lowest BCUT2D eigenvalue weighted by Crippen LogP contribution is -2.49. The van der Waals surface area contributed by atoms with E-state index in [1.807, 2.05) is 0 Å². The second-order valence-electron chi connectivity index (χ2n) is 6.79. The van der Waals surface area contributed by atoms with Gasteiger partial charge in [-0.1, -0.05) is 11.6 Å². The zero-order valence-corrected chi connectivity index (χ0v) is 12.6. The summed E-state index contributed by atoms with van der Waals surface area (Å²) < 4.78 is 25.6. The van der Waals surface area contributed by atoms with Crippen molar-refractivity contribution in [3.63, 3.8) is 0 Å². The molecule has 0 heterocycles. The van der Waals surface area contributed by atoms with Crippen molar-refractivity contribution >= 4 is 0 Å². The van der Waals surface area contributed by atoms with Gasteiger partial charge in [-0.15, -0.1) is 0 Å². The molecular formula is C17H25FO2. The van der Waals surface area contributed by atoms with Crippen molar-refractivity contribution in [1.29, 1.82) is 0 Å². The Hall–Kier alpha value is -0.670. The summed E-state index contributed by atoms with van der Waals surface area (Å²) in [6, 6.07) is 0. The van der Waals surface area contributed by atoms with Crippen LogP contribution in [0.1, 0.15) is 51.9 Å². The van der Waals surface area contributed by atoms with Gasteiger partial charge in [0.15, 0.2) is 0 Å². The van der Waals surface area contributed by atoms with Gasteiger partial charge in [-0.2, -0.15) is 0 Å². The number of rotatable bonds is 4. The molecule has 4 rings (SSSR count). The van der Waals surface area contributed by atoms with Crippen LogP contribution in [0.2, 0.25) is 0 Å². The van der Waals surface area contributed by atoms with E-state index in [4.69, 9.17) is 9.47 Å². The average molecular weight is 280 g/mol. The first kappa shape index (κ1) is 14.3. The summed E-state index contributed by atoms with van der Waals surface area (Å²) in [6.45, 7) is 2.44. The third kappa shape index (κ3) is 2.25. The maximum atomic E-state index is 14.8. The van der Waals surface area contributed by atoms with Gasteiger partial charge in [-0.25, -0.2) is 4.39 Å². The van der Waals surface area contributed by atoms with Gasteiger partial charge in [0.25, 0.3) is 0 Å². The third-order valence-electron chi connectivity index (χ3n) is 5.74. The van der Waals surface area contributed by atoms with Gasteiger partial charge in [0.05, 0.1) is 5.60 Å². The van der Waals surface area contributed by atoms with Crippen LogP contribution >= 0.6 is 0 Å². The number of methoxy groups -OCH3 is 1. The predicted octanol–water partition coefficient (Wildman–Crippen LogP) is 4.52. The van der Waals surface area contributed by atoms with E-state index in [1.54, 1.807) is 13.2 Å². The van der Waals surface area contributed by atoms with Crippen molar-refractivity contribution in [2.45, 2.75) is 57.5 Å². The van der Waals surface area contributed by atoms with Gasteiger partial charge in [0, 0.05) is 12.5 Å². The molecule has 20 heavy (non-hydrogen) atoms. The number of fused-ring (bicyclic) bond motifs is 2. The largest absolute Gasteiger partial charge is 0.359 e. The zero-order chi connectivity index (χ0) is 14.2. The predicted molar refractivity (Wildman–Crippen MR) is 76.9 cm³/mol. The van der Waals surface area contributed by atoms with Crippen LogP contribution in [0, 0.1) is 11.3 Å². The summed E-state index contributed by atoms with van der Waals surface area (Å²) in [7, 11) is 1.61. The van der Waals surface area contributed by atoms with Gasteiger partial charge in [0.2, 0.25) is 0 Å². The van der Waals surface area contributed by atoms with E-state index < -0.39 is 5.60 Å². The smallest absolute Gasteiger partial charge is 0.147 e. The summed E-state index contributed by atoms with van der Waals surface area (Å²) in [5, 5.41) is 0. The Balaban J connectivity index is 1.80. The molecule has 2 bridgehead atoms. The van der Waals surface area contributed by atoms with E-state index in [-0.39, 0.29) is 18.0 Å². The molecule has 3 heteroatoms. The van der Waals surface area contributed by atoms with Crippen molar-refractivity contribution < 1.29 is 13.9 Å². The van der Waals surface area contributed by atoms with Crippen LogP contribution in [0.25, 0.3) is 0 Å². The highest BCUT2D eigenvalue weighted by Gasteiger charge is 2.54. The minimum Gasteiger partial charge on any atom is -0.359 e. The van der Waals surface area contributed by atoms with E-state index >= 15 is 0 Å². The Morgan fingerprint density at radius 1 is 1.30 bits per heavy atom. The lowest BCUT2D eigenvalue weighted by Gasteiger charge is -2.53. The molecule has 0 aromatic rings. The number of hydrogen-bond acceptors (Lipinski definition) is 2. The van der Waals surface area contributed by atoms with Crippen molar-refractivity contribution in [2.75, 3.05) is 13.9 Å². The average Bonchev–Trinajstić information content (AvgIpc) is 2.47. The molecule has 1 atom stereocenters. The Bertz CT molecular complexity index is 430. The fraction of sp³-hybridized carbons (Fsp3) is 0.765. The first-order chi connectivity index (χ1) is 9.60. The van der Waals surface area contributed by atoms with Crippen molar-refractivity contribution in [1.82, 2.24) is 0 Å². The number of hydrogen-bond donors (Lipinski definition) is 0. The minimum absolute atomic E-state index is 0.0871.